The van der Waals surface area contributed by atoms with Crippen molar-refractivity contribution >= 4 is 10.9 Å². The van der Waals surface area contributed by atoms with Crippen molar-refractivity contribution in [2.75, 3.05) is 0 Å². The van der Waals surface area contributed by atoms with Crippen LogP contribution in [0.1, 0.15) is 11.1 Å². The SMILES string of the molecule is Cc1c(C#N)cnc2c(F)cccc12. The summed E-state index contributed by atoms with van der Waals surface area (Å²) in [7, 11) is 0. The Bertz CT molecular complexity index is 541. The fraction of sp³-hybridized carbons (Fsp3) is 0.0909. The number of aryl methyl sites for hydroxylation is 1. The standard InChI is InChI=1S/C11H7FN2/c1-7-8(5-13)6-14-11-9(7)3-2-4-10(11)12/h2-4,6H,1H3. The molecule has 14 heavy (non-hydrogen) atoms. The molecule has 0 spiro atoms. The Morgan fingerprint density at radius 3 is 2.93 bits per heavy atom. The minimum atomic E-state index is -0.352. The number of pyridine rings is 1. The van der Waals surface area contributed by atoms with Crippen LogP contribution in [0.4, 0.5) is 4.39 Å². The van der Waals surface area contributed by atoms with Crippen LogP contribution in [0.25, 0.3) is 10.9 Å². The van der Waals surface area contributed by atoms with Gasteiger partial charge in [-0.1, -0.05) is 12.1 Å². The zero-order valence-electron chi connectivity index (χ0n) is 7.58. The van der Waals surface area contributed by atoms with E-state index in [1.165, 1.54) is 12.3 Å². The maximum atomic E-state index is 13.3. The first-order valence-corrected chi connectivity index (χ1v) is 4.18. The normalized spacial score (nSPS) is 10.1. The molecule has 2 aromatic rings. The lowest BCUT2D eigenvalue weighted by Crippen LogP contribution is -1.90. The molecule has 1 aromatic carbocycles. The highest BCUT2D eigenvalue weighted by molar-refractivity contribution is 5.84. The van der Waals surface area contributed by atoms with Crippen LogP contribution in [-0.4, -0.2) is 4.98 Å². The largest absolute Gasteiger partial charge is 0.252 e. The van der Waals surface area contributed by atoms with E-state index in [-0.39, 0.29) is 5.82 Å². The molecule has 2 rings (SSSR count). The highest BCUT2D eigenvalue weighted by atomic mass is 19.1. The van der Waals surface area contributed by atoms with Gasteiger partial charge >= 0.3 is 0 Å². The maximum Gasteiger partial charge on any atom is 0.149 e. The molecule has 1 heterocycles. The fourth-order valence-corrected chi connectivity index (χ4v) is 1.43. The van der Waals surface area contributed by atoms with Gasteiger partial charge in [0.05, 0.1) is 5.56 Å². The lowest BCUT2D eigenvalue weighted by Gasteiger charge is -2.02. The van der Waals surface area contributed by atoms with E-state index in [9.17, 15) is 4.39 Å². The average Bonchev–Trinajstić information content (AvgIpc) is 2.20. The van der Waals surface area contributed by atoms with E-state index >= 15 is 0 Å². The summed E-state index contributed by atoms with van der Waals surface area (Å²) in [6, 6.07) is 6.77. The van der Waals surface area contributed by atoms with Gasteiger partial charge in [0.15, 0.2) is 0 Å². The van der Waals surface area contributed by atoms with Crippen LogP contribution < -0.4 is 0 Å². The number of hydrogen-bond donors (Lipinski definition) is 0. The predicted octanol–water partition coefficient (Wildman–Crippen LogP) is 2.55. The Balaban J connectivity index is 2.92. The quantitative estimate of drug-likeness (QED) is 0.634. The third-order valence-corrected chi connectivity index (χ3v) is 2.24. The van der Waals surface area contributed by atoms with Crippen LogP contribution >= 0.6 is 0 Å². The topological polar surface area (TPSA) is 36.7 Å². The molecule has 0 atom stereocenters. The Kier molecular flexibility index (Phi) is 1.90. The average molecular weight is 186 g/mol. The van der Waals surface area contributed by atoms with Gasteiger partial charge in [-0.15, -0.1) is 0 Å². The minimum absolute atomic E-state index is 0.323. The number of halogens is 1. The van der Waals surface area contributed by atoms with Gasteiger partial charge in [0.25, 0.3) is 0 Å². The summed E-state index contributed by atoms with van der Waals surface area (Å²) >= 11 is 0. The van der Waals surface area contributed by atoms with Gasteiger partial charge in [-0.2, -0.15) is 5.26 Å². The van der Waals surface area contributed by atoms with Crippen LogP contribution in [0.2, 0.25) is 0 Å². The molecule has 0 radical (unpaired) electrons. The van der Waals surface area contributed by atoms with Gasteiger partial charge in [0.1, 0.15) is 17.4 Å². The molecular weight excluding hydrogens is 179 g/mol. The molecule has 68 valence electrons. The number of nitriles is 1. The summed E-state index contributed by atoms with van der Waals surface area (Å²) in [5, 5.41) is 9.46. The Hall–Kier alpha value is -1.95. The summed E-state index contributed by atoms with van der Waals surface area (Å²) in [5.41, 5.74) is 1.59. The smallest absolute Gasteiger partial charge is 0.149 e. The molecule has 1 aromatic heterocycles. The summed E-state index contributed by atoms with van der Waals surface area (Å²) in [6.45, 7) is 1.79. The summed E-state index contributed by atoms with van der Waals surface area (Å²) in [5.74, 6) is -0.352. The molecule has 3 heteroatoms. The van der Waals surface area contributed by atoms with Crippen molar-refractivity contribution in [1.82, 2.24) is 4.98 Å². The first-order valence-electron chi connectivity index (χ1n) is 4.18. The van der Waals surface area contributed by atoms with Crippen LogP contribution in [0.15, 0.2) is 24.4 Å². The van der Waals surface area contributed by atoms with Gasteiger partial charge in [0, 0.05) is 11.6 Å². The number of nitrogens with zero attached hydrogens (tertiary/aromatic N) is 2. The zero-order chi connectivity index (χ0) is 10.1. The molecule has 0 bridgehead atoms. The number of aromatic nitrogens is 1. The van der Waals surface area contributed by atoms with E-state index in [0.29, 0.717) is 16.5 Å². The molecule has 0 amide bonds. The number of benzene rings is 1. The minimum Gasteiger partial charge on any atom is -0.252 e. The van der Waals surface area contributed by atoms with E-state index in [0.717, 1.165) is 5.56 Å². The number of rotatable bonds is 0. The Morgan fingerprint density at radius 2 is 2.21 bits per heavy atom. The second kappa shape index (κ2) is 3.08. The van der Waals surface area contributed by atoms with E-state index in [1.54, 1.807) is 19.1 Å². The van der Waals surface area contributed by atoms with Gasteiger partial charge in [-0.05, 0) is 18.6 Å². The fourth-order valence-electron chi connectivity index (χ4n) is 1.43. The molecule has 0 aliphatic carbocycles. The number of para-hydroxylation sites is 1. The molecule has 0 N–H and O–H groups in total. The third kappa shape index (κ3) is 1.12. The second-order valence-corrected chi connectivity index (χ2v) is 3.04. The Morgan fingerprint density at radius 1 is 1.43 bits per heavy atom. The molecule has 0 fully saturated rings. The maximum absolute atomic E-state index is 13.3. The lowest BCUT2D eigenvalue weighted by atomic mass is 10.1. The van der Waals surface area contributed by atoms with Gasteiger partial charge in [-0.3, -0.25) is 4.98 Å². The van der Waals surface area contributed by atoms with Gasteiger partial charge < -0.3 is 0 Å². The van der Waals surface area contributed by atoms with Crippen LogP contribution in [0.5, 0.6) is 0 Å². The van der Waals surface area contributed by atoms with Gasteiger partial charge in [0.2, 0.25) is 0 Å². The van der Waals surface area contributed by atoms with Crippen molar-refractivity contribution in [1.29, 1.82) is 5.26 Å². The zero-order valence-corrected chi connectivity index (χ0v) is 7.58. The van der Waals surface area contributed by atoms with Crippen molar-refractivity contribution in [2.45, 2.75) is 6.92 Å². The van der Waals surface area contributed by atoms with Crippen LogP contribution in [-0.2, 0) is 0 Å². The molecule has 0 aliphatic heterocycles. The summed E-state index contributed by atoms with van der Waals surface area (Å²) < 4.78 is 13.3. The van der Waals surface area contributed by atoms with E-state index in [2.05, 4.69) is 4.98 Å². The molecule has 0 saturated carbocycles. The summed E-state index contributed by atoms with van der Waals surface area (Å²) in [6.07, 6.45) is 1.40. The third-order valence-electron chi connectivity index (χ3n) is 2.24. The highest BCUT2D eigenvalue weighted by Gasteiger charge is 2.06. The van der Waals surface area contributed by atoms with Crippen molar-refractivity contribution in [3.05, 3.63) is 41.3 Å². The summed E-state index contributed by atoms with van der Waals surface area (Å²) in [4.78, 5) is 3.91. The first-order chi connectivity index (χ1) is 6.74. The van der Waals surface area contributed by atoms with Crippen molar-refractivity contribution in [3.8, 4) is 6.07 Å². The van der Waals surface area contributed by atoms with Gasteiger partial charge in [-0.25, -0.2) is 4.39 Å². The number of fused-ring (bicyclic) bond motifs is 1. The van der Waals surface area contributed by atoms with E-state index in [4.69, 9.17) is 5.26 Å². The Labute approximate surface area is 80.6 Å². The van der Waals surface area contributed by atoms with Crippen molar-refractivity contribution < 1.29 is 4.39 Å². The van der Waals surface area contributed by atoms with Crippen molar-refractivity contribution in [3.63, 3.8) is 0 Å². The van der Waals surface area contributed by atoms with E-state index < -0.39 is 0 Å². The molecule has 0 saturated heterocycles. The first kappa shape index (κ1) is 8.64. The number of hydrogen-bond acceptors (Lipinski definition) is 2. The van der Waals surface area contributed by atoms with Crippen LogP contribution in [0, 0.1) is 24.1 Å². The lowest BCUT2D eigenvalue weighted by molar-refractivity contribution is 0.636. The van der Waals surface area contributed by atoms with E-state index in [1.807, 2.05) is 6.07 Å². The second-order valence-electron chi connectivity index (χ2n) is 3.04. The highest BCUT2D eigenvalue weighted by Crippen LogP contribution is 2.20. The van der Waals surface area contributed by atoms with Crippen molar-refractivity contribution in [2.24, 2.45) is 0 Å². The molecule has 0 unspecified atom stereocenters. The molecule has 0 aliphatic rings. The van der Waals surface area contributed by atoms with Crippen LogP contribution in [0.3, 0.4) is 0 Å². The predicted molar refractivity (Wildman–Crippen MR) is 51.2 cm³/mol. The molecule has 2 nitrogen and oxygen atoms in total. The monoisotopic (exact) mass is 186 g/mol. The molecular formula is C11H7FN2.